The lowest BCUT2D eigenvalue weighted by molar-refractivity contribution is -0.121. The van der Waals surface area contributed by atoms with Crippen molar-refractivity contribution in [1.82, 2.24) is 5.32 Å². The number of nitrogens with zero attached hydrogens (tertiary/aromatic N) is 1. The van der Waals surface area contributed by atoms with E-state index in [1.165, 1.54) is 12.4 Å². The highest BCUT2D eigenvalue weighted by molar-refractivity contribution is 6.29. The summed E-state index contributed by atoms with van der Waals surface area (Å²) in [5, 5.41) is 3.04. The van der Waals surface area contributed by atoms with E-state index in [0.29, 0.717) is 17.0 Å². The van der Waals surface area contributed by atoms with Crippen molar-refractivity contribution >= 4 is 23.6 Å². The number of halogens is 1. The SMILES string of the molecule is C=C1N=CC(C(=O)C(C)(C)C)=C1N/C(Cl)=C\N. The van der Waals surface area contributed by atoms with Crippen molar-refractivity contribution in [3.63, 3.8) is 0 Å². The van der Waals surface area contributed by atoms with Crippen molar-refractivity contribution in [3.8, 4) is 0 Å². The van der Waals surface area contributed by atoms with Crippen LogP contribution in [-0.2, 0) is 4.79 Å². The number of ketones is 1. The molecule has 0 unspecified atom stereocenters. The molecule has 3 N–H and O–H groups in total. The van der Waals surface area contributed by atoms with Gasteiger partial charge in [0.2, 0.25) is 0 Å². The summed E-state index contributed by atoms with van der Waals surface area (Å²) in [7, 11) is 0. The number of nitrogens with one attached hydrogen (secondary N) is 1. The van der Waals surface area contributed by atoms with Gasteiger partial charge >= 0.3 is 0 Å². The van der Waals surface area contributed by atoms with Crippen molar-refractivity contribution in [1.29, 1.82) is 0 Å². The van der Waals surface area contributed by atoms with Crippen LogP contribution in [0.5, 0.6) is 0 Å². The van der Waals surface area contributed by atoms with Crippen molar-refractivity contribution in [2.45, 2.75) is 20.8 Å². The number of carbonyl (C=O) groups excluding carboxylic acids is 1. The van der Waals surface area contributed by atoms with Crippen LogP contribution in [-0.4, -0.2) is 12.0 Å². The molecule has 0 aliphatic carbocycles. The molecule has 0 atom stereocenters. The first-order chi connectivity index (χ1) is 7.77. The van der Waals surface area contributed by atoms with E-state index in [1.54, 1.807) is 0 Å². The summed E-state index contributed by atoms with van der Waals surface area (Å²) in [6.45, 7) is 9.27. The van der Waals surface area contributed by atoms with Gasteiger partial charge in [-0.3, -0.25) is 9.79 Å². The average molecular weight is 254 g/mol. The molecule has 0 fully saturated rings. The van der Waals surface area contributed by atoms with Crippen molar-refractivity contribution in [2.75, 3.05) is 0 Å². The third-order valence-electron chi connectivity index (χ3n) is 2.22. The Morgan fingerprint density at radius 1 is 1.59 bits per heavy atom. The molecule has 0 spiro atoms. The molecule has 0 aromatic heterocycles. The van der Waals surface area contributed by atoms with Crippen LogP contribution in [0.15, 0.2) is 39.9 Å². The molecule has 5 heteroatoms. The summed E-state index contributed by atoms with van der Waals surface area (Å²) in [6.07, 6.45) is 2.71. The van der Waals surface area contributed by atoms with Crippen molar-refractivity contribution < 1.29 is 4.79 Å². The molecule has 1 aliphatic rings. The molecule has 0 amide bonds. The molecule has 0 aromatic rings. The highest BCUT2D eigenvalue weighted by Gasteiger charge is 2.29. The predicted octanol–water partition coefficient (Wildman–Crippen LogP) is 2.04. The molecule has 1 heterocycles. The van der Waals surface area contributed by atoms with Gasteiger partial charge in [-0.05, 0) is 0 Å². The van der Waals surface area contributed by atoms with Crippen LogP contribution in [0, 0.1) is 5.41 Å². The number of allylic oxidation sites excluding steroid dienone is 1. The van der Waals surface area contributed by atoms with Gasteiger partial charge in [-0.15, -0.1) is 0 Å². The van der Waals surface area contributed by atoms with Gasteiger partial charge in [-0.25, -0.2) is 0 Å². The van der Waals surface area contributed by atoms with Crippen LogP contribution < -0.4 is 11.1 Å². The molecular weight excluding hydrogens is 238 g/mol. The summed E-state index contributed by atoms with van der Waals surface area (Å²) in [5.41, 5.74) is 6.24. The number of hydrogen-bond acceptors (Lipinski definition) is 4. The minimum absolute atomic E-state index is 0.0242. The van der Waals surface area contributed by atoms with E-state index in [4.69, 9.17) is 17.3 Å². The van der Waals surface area contributed by atoms with Crippen molar-refractivity contribution in [2.24, 2.45) is 16.1 Å². The first-order valence-corrected chi connectivity index (χ1v) is 5.52. The van der Waals surface area contributed by atoms with E-state index in [0.717, 1.165) is 0 Å². The van der Waals surface area contributed by atoms with Gasteiger partial charge in [-0.2, -0.15) is 0 Å². The van der Waals surface area contributed by atoms with E-state index in [-0.39, 0.29) is 10.9 Å². The number of rotatable bonds is 3. The maximum atomic E-state index is 12.2. The van der Waals surface area contributed by atoms with Crippen LogP contribution in [0.1, 0.15) is 20.8 Å². The van der Waals surface area contributed by atoms with Gasteiger partial charge in [0.1, 0.15) is 5.16 Å². The van der Waals surface area contributed by atoms with Gasteiger partial charge in [0.05, 0.1) is 17.0 Å². The molecule has 1 rings (SSSR count). The quantitative estimate of drug-likeness (QED) is 0.757. The molecule has 0 bridgehead atoms. The Labute approximate surface area is 106 Å². The summed E-state index contributed by atoms with van der Waals surface area (Å²) < 4.78 is 0. The van der Waals surface area contributed by atoms with Gasteiger partial charge in [0.15, 0.2) is 5.78 Å². The Kier molecular flexibility index (Phi) is 3.78. The summed E-state index contributed by atoms with van der Waals surface area (Å²) >= 11 is 5.78. The highest BCUT2D eigenvalue weighted by atomic mass is 35.5. The molecule has 92 valence electrons. The zero-order valence-electron chi connectivity index (χ0n) is 10.2. The molecule has 0 saturated carbocycles. The topological polar surface area (TPSA) is 67.5 Å². The van der Waals surface area contributed by atoms with Crippen LogP contribution in [0.25, 0.3) is 0 Å². The Morgan fingerprint density at radius 3 is 2.65 bits per heavy atom. The van der Waals surface area contributed by atoms with Gasteiger partial charge in [0, 0.05) is 17.8 Å². The normalized spacial score (nSPS) is 16.7. The second-order valence-electron chi connectivity index (χ2n) is 4.71. The van der Waals surface area contributed by atoms with Crippen LogP contribution >= 0.6 is 11.6 Å². The second-order valence-corrected chi connectivity index (χ2v) is 5.12. The van der Waals surface area contributed by atoms with Crippen LogP contribution in [0.2, 0.25) is 0 Å². The summed E-state index contributed by atoms with van der Waals surface area (Å²) in [4.78, 5) is 16.2. The van der Waals surface area contributed by atoms with E-state index in [2.05, 4.69) is 16.9 Å². The fraction of sp³-hybridized carbons (Fsp3) is 0.333. The third kappa shape index (κ3) is 2.97. The van der Waals surface area contributed by atoms with E-state index >= 15 is 0 Å². The molecule has 1 aliphatic heterocycles. The first-order valence-electron chi connectivity index (χ1n) is 5.14. The maximum Gasteiger partial charge on any atom is 0.171 e. The zero-order valence-corrected chi connectivity index (χ0v) is 10.9. The molecule has 0 radical (unpaired) electrons. The Balaban J connectivity index is 3.12. The Bertz CT molecular complexity index is 453. The van der Waals surface area contributed by atoms with E-state index in [1.807, 2.05) is 20.8 Å². The van der Waals surface area contributed by atoms with Gasteiger partial charge in [0.25, 0.3) is 0 Å². The second kappa shape index (κ2) is 4.75. The monoisotopic (exact) mass is 253 g/mol. The summed E-state index contributed by atoms with van der Waals surface area (Å²) in [5.74, 6) is -0.0242. The molecule has 0 saturated heterocycles. The summed E-state index contributed by atoms with van der Waals surface area (Å²) in [6, 6.07) is 0. The minimum atomic E-state index is -0.488. The van der Waals surface area contributed by atoms with E-state index in [9.17, 15) is 4.79 Å². The Hall–Kier alpha value is -1.55. The Morgan fingerprint density at radius 2 is 2.18 bits per heavy atom. The molecule has 17 heavy (non-hydrogen) atoms. The average Bonchev–Trinajstić information content (AvgIpc) is 2.58. The maximum absolute atomic E-state index is 12.2. The lowest BCUT2D eigenvalue weighted by atomic mass is 9.86. The number of carbonyl (C=O) groups is 1. The number of nitrogens with two attached hydrogens (primary N) is 1. The van der Waals surface area contributed by atoms with Crippen LogP contribution in [0.4, 0.5) is 0 Å². The molecule has 4 nitrogen and oxygen atoms in total. The standard InChI is InChI=1S/C12H16ClN3O/c1-7-10(16-9(13)5-14)8(6-15-7)11(17)12(2,3)4/h5-6,16H,1,14H2,2-4H3/b9-5-. The smallest absolute Gasteiger partial charge is 0.171 e. The molecule has 0 aromatic carbocycles. The molecular formula is C12H16ClN3O. The lowest BCUT2D eigenvalue weighted by Gasteiger charge is -2.17. The van der Waals surface area contributed by atoms with Crippen LogP contribution in [0.3, 0.4) is 0 Å². The van der Waals surface area contributed by atoms with Gasteiger partial charge < -0.3 is 11.1 Å². The number of aliphatic imine (C=N–C) groups is 1. The third-order valence-corrected chi connectivity index (χ3v) is 2.44. The van der Waals surface area contributed by atoms with Crippen molar-refractivity contribution in [3.05, 3.63) is 34.9 Å². The first kappa shape index (κ1) is 13.5. The fourth-order valence-electron chi connectivity index (χ4n) is 1.30. The number of Topliss-reactive ketones (excluding diaryl/α,β-unsaturated/α-hetero) is 1. The lowest BCUT2D eigenvalue weighted by Crippen LogP contribution is -2.25. The predicted molar refractivity (Wildman–Crippen MR) is 70.4 cm³/mol. The zero-order chi connectivity index (χ0) is 13.2. The fourth-order valence-corrected chi connectivity index (χ4v) is 1.40. The number of hydrogen-bond donors (Lipinski definition) is 2. The largest absolute Gasteiger partial charge is 0.402 e. The minimum Gasteiger partial charge on any atom is -0.402 e. The highest BCUT2D eigenvalue weighted by Crippen LogP contribution is 2.27. The van der Waals surface area contributed by atoms with Gasteiger partial charge in [-0.1, -0.05) is 39.0 Å². The van der Waals surface area contributed by atoms with E-state index < -0.39 is 5.41 Å².